The maximum absolute atomic E-state index is 13.4. The third kappa shape index (κ3) is 33.3. The van der Waals surface area contributed by atoms with Gasteiger partial charge in [0.15, 0.2) is 12.7 Å². The van der Waals surface area contributed by atoms with Crippen LogP contribution >= 0.6 is 0 Å². The van der Waals surface area contributed by atoms with Crippen molar-refractivity contribution in [1.29, 1.82) is 0 Å². The quantitative estimate of drug-likeness (QED) is 0.0361. The molecule has 0 unspecified atom stereocenters. The molecular weight excluding hydrogens is 1750 g/mol. The molecule has 5 saturated heterocycles. The van der Waals surface area contributed by atoms with Crippen molar-refractivity contribution < 1.29 is 94.2 Å². The summed E-state index contributed by atoms with van der Waals surface area (Å²) in [6.45, 7) is 13.3. The highest BCUT2D eigenvalue weighted by atomic mass is 32.2. The number of aromatic amines is 1. The number of aliphatic hydroxyl groups is 1. The second kappa shape index (κ2) is 52.8. The fourth-order valence-electron chi connectivity index (χ4n) is 14.5. The van der Waals surface area contributed by atoms with Gasteiger partial charge in [-0.25, -0.2) is 34.1 Å². The van der Waals surface area contributed by atoms with E-state index in [4.69, 9.17) is 56.7 Å². The molecular formula is C95H117N17O21S. The number of ether oxygens (including phenoxy) is 10. The number of benzene rings is 5. The van der Waals surface area contributed by atoms with E-state index >= 15 is 0 Å². The minimum Gasteiger partial charge on any atom is -0.497 e. The highest BCUT2D eigenvalue weighted by Gasteiger charge is 2.36. The lowest BCUT2D eigenvalue weighted by Gasteiger charge is -2.38. The van der Waals surface area contributed by atoms with Gasteiger partial charge < -0.3 is 87.5 Å². The smallest absolute Gasteiger partial charge is 0.410 e. The maximum atomic E-state index is 13.4. The standard InChI is InChI=1S/C20H22N6O3.C20H24N2O4.C15H21NO5S.C14H19NO3.C12H18N2O2.C8H6N4O2.C6H7NO2/c1-14-7-8-16(29-19-11-15(28-2)9-10-21-19)12-25(14)20(27)17-5-3-4-6-18(17)26-23-13-22-24-26;1-15-8-9-18(26-19-12-17(24-2)10-11-21-19)13-22(15)20(23)25-14-16-6-4-3-5-7-16;1-12-8-9-14(21-22(2,18)19)10-16(12)15(17)20-11-13-6-4-3-5-7-13;1-11-7-8-13(16)9-15(11)14(17)18-10-12-5-3-2-4-6-12;1-9-3-4-11(8-14-9)16-12-7-10(15-2)5-6-13-12;13-8(14)6-3-1-2-4-7(6)12-10-5-9-11-12;1-9-5-2-3-7-6(8)4-5/h3-6,9-11,13-14,16H,7-8,12H2,1-2H3;3-7,10-12,15,18H,8-9,13-14H2,1-2H3;3-7,12,14H,8-11H2,1-2H3;2-6,11,13,16H,7-10H2,1H3;5-7,9,11,14H,3-4,8H2,1-2H3;1-5H,(H,13,14);2-4H,1H3,(H,7,8)/t14-,16-;15-,18-;12-,14+;11-,13+;9-,11-;;/m11111../s1. The Morgan fingerprint density at radius 2 is 0.806 bits per heavy atom. The summed E-state index contributed by atoms with van der Waals surface area (Å²) in [5.74, 6) is 3.27. The van der Waals surface area contributed by atoms with Gasteiger partial charge in [0, 0.05) is 85.8 Å². The first-order valence-electron chi connectivity index (χ1n) is 43.9. The zero-order chi connectivity index (χ0) is 95.7. The van der Waals surface area contributed by atoms with E-state index in [1.165, 1.54) is 46.4 Å². The number of likely N-dealkylation sites (tertiary alicyclic amines) is 4. The largest absolute Gasteiger partial charge is 0.497 e. The van der Waals surface area contributed by atoms with Gasteiger partial charge in [-0.05, 0) is 174 Å². The summed E-state index contributed by atoms with van der Waals surface area (Å²) >= 11 is 0. The van der Waals surface area contributed by atoms with E-state index < -0.39 is 34.4 Å². The van der Waals surface area contributed by atoms with Crippen molar-refractivity contribution in [2.75, 3.05) is 67.4 Å². The number of β-amino-alcohol motifs (C(OH)–C–C–N with tert-alkyl or cyclic N) is 1. The van der Waals surface area contributed by atoms with Crippen molar-refractivity contribution in [2.45, 2.75) is 179 Å². The molecule has 134 heavy (non-hydrogen) atoms. The number of carbonyl (C=O) groups excluding carboxylic acids is 4. The molecule has 4 amide bonds. The second-order valence-corrected chi connectivity index (χ2v) is 33.5. The van der Waals surface area contributed by atoms with Crippen LogP contribution in [0.5, 0.6) is 40.6 Å². The molecule has 0 radical (unpaired) electrons. The summed E-state index contributed by atoms with van der Waals surface area (Å²) in [4.78, 5) is 95.6. The fraction of sp³-hybridized carbons (Fsp3) is 0.400. The maximum Gasteiger partial charge on any atom is 0.410 e. The summed E-state index contributed by atoms with van der Waals surface area (Å²) in [5.41, 5.74) is 4.37. The average molecular weight is 1870 g/mol. The summed E-state index contributed by atoms with van der Waals surface area (Å²) in [6.07, 6.45) is 16.6. The van der Waals surface area contributed by atoms with Gasteiger partial charge in [0.2, 0.25) is 17.6 Å². The minimum atomic E-state index is -3.52. The van der Waals surface area contributed by atoms with Crippen LogP contribution < -0.4 is 44.0 Å². The topological polar surface area (TPSA) is 445 Å². The zero-order valence-corrected chi connectivity index (χ0v) is 77.4. The molecule has 10 atom stereocenters. The lowest BCUT2D eigenvalue weighted by atomic mass is 9.99. The van der Waals surface area contributed by atoms with Gasteiger partial charge in [0.25, 0.3) is 21.6 Å². The number of hydrogen-bond acceptors (Lipinski definition) is 30. The van der Waals surface area contributed by atoms with E-state index in [1.54, 1.807) is 117 Å². The Morgan fingerprint density at radius 3 is 1.21 bits per heavy atom. The number of methoxy groups -OCH3 is 4. The van der Waals surface area contributed by atoms with Crippen LogP contribution in [0.3, 0.4) is 0 Å². The number of amides is 4. The highest BCUT2D eigenvalue weighted by molar-refractivity contribution is 7.86. The van der Waals surface area contributed by atoms with E-state index in [0.717, 1.165) is 86.6 Å². The number of H-pyrrole nitrogens is 1. The van der Waals surface area contributed by atoms with Crippen LogP contribution in [0, 0.1) is 0 Å². The van der Waals surface area contributed by atoms with Gasteiger partial charge in [-0.3, -0.25) is 13.8 Å². The number of nitrogens with one attached hydrogen (secondary N) is 2. The Labute approximate surface area is 778 Å². The molecule has 5 aromatic carbocycles. The van der Waals surface area contributed by atoms with Crippen LogP contribution in [-0.2, 0) is 48.3 Å². The van der Waals surface area contributed by atoms with Crippen LogP contribution in [0.15, 0.2) is 230 Å². The van der Waals surface area contributed by atoms with Gasteiger partial charge in [0.1, 0.15) is 72.5 Å². The molecule has 714 valence electrons. The average Bonchev–Trinajstić information content (AvgIpc) is 1.35. The van der Waals surface area contributed by atoms with Crippen LogP contribution in [0.4, 0.5) is 14.4 Å². The molecule has 16 rings (SSSR count). The van der Waals surface area contributed by atoms with Gasteiger partial charge in [-0.15, -0.1) is 30.0 Å². The first kappa shape index (κ1) is 102. The van der Waals surface area contributed by atoms with E-state index in [1.807, 2.05) is 148 Å². The molecule has 0 aliphatic carbocycles. The Morgan fingerprint density at radius 1 is 0.433 bits per heavy atom. The molecule has 0 saturated carbocycles. The number of carboxylic acid groups (broad SMARTS) is 1. The molecule has 6 aromatic heterocycles. The van der Waals surface area contributed by atoms with Crippen LogP contribution in [-0.4, -0.2) is 257 Å². The van der Waals surface area contributed by atoms with Crippen molar-refractivity contribution >= 4 is 40.3 Å². The zero-order valence-electron chi connectivity index (χ0n) is 76.6. The summed E-state index contributed by atoms with van der Waals surface area (Å²) < 4.78 is 81.5. The third-order valence-electron chi connectivity index (χ3n) is 21.9. The molecule has 0 bridgehead atoms. The Kier molecular flexibility index (Phi) is 40.1. The van der Waals surface area contributed by atoms with Crippen molar-refractivity contribution in [1.82, 2.24) is 85.3 Å². The Balaban J connectivity index is 0.000000166. The van der Waals surface area contributed by atoms with Crippen LogP contribution in [0.25, 0.3) is 11.4 Å². The number of piperidine rings is 5. The summed E-state index contributed by atoms with van der Waals surface area (Å²) in [7, 11) is 2.84. The number of rotatable bonds is 22. The summed E-state index contributed by atoms with van der Waals surface area (Å²) in [5, 5.41) is 44.5. The molecule has 11 aromatic rings. The molecule has 5 fully saturated rings. The Bertz CT molecular complexity index is 5580. The fourth-order valence-corrected chi connectivity index (χ4v) is 15.2. The van der Waals surface area contributed by atoms with E-state index in [2.05, 4.69) is 63.0 Å². The van der Waals surface area contributed by atoms with Crippen molar-refractivity contribution in [3.8, 4) is 52.0 Å². The van der Waals surface area contributed by atoms with Crippen molar-refractivity contribution in [3.05, 3.63) is 264 Å². The molecule has 11 heterocycles. The van der Waals surface area contributed by atoms with E-state index in [-0.39, 0.29) is 98.1 Å². The first-order valence-corrected chi connectivity index (χ1v) is 45.7. The predicted octanol–water partition coefficient (Wildman–Crippen LogP) is 12.5. The number of para-hydroxylation sites is 2. The predicted molar refractivity (Wildman–Crippen MR) is 493 cm³/mol. The summed E-state index contributed by atoms with van der Waals surface area (Å²) in [6, 6.07) is 57.1. The second-order valence-electron chi connectivity index (χ2n) is 31.9. The van der Waals surface area contributed by atoms with Gasteiger partial charge in [0.05, 0.1) is 84.2 Å². The lowest BCUT2D eigenvalue weighted by molar-refractivity contribution is 0.0248. The number of carbonyl (C=O) groups is 5. The van der Waals surface area contributed by atoms with E-state index in [0.29, 0.717) is 90.3 Å². The molecule has 5 aliphatic heterocycles. The molecule has 5 aliphatic rings. The number of tetrazole rings is 2. The van der Waals surface area contributed by atoms with Crippen molar-refractivity contribution in [2.24, 2.45) is 0 Å². The molecule has 39 heteroatoms. The molecule has 4 N–H and O–H groups in total. The number of aromatic nitrogens is 12. The number of aliphatic hydroxyl groups excluding tert-OH is 1. The first-order chi connectivity index (χ1) is 64.7. The van der Waals surface area contributed by atoms with Crippen LogP contribution in [0.1, 0.15) is 136 Å². The number of carboxylic acids is 1. The normalized spacial score (nSPS) is 19.5. The van der Waals surface area contributed by atoms with Crippen molar-refractivity contribution in [3.63, 3.8) is 0 Å². The molecule has 38 nitrogen and oxygen atoms in total. The third-order valence-corrected chi connectivity index (χ3v) is 22.6. The van der Waals surface area contributed by atoms with Gasteiger partial charge in [-0.1, -0.05) is 115 Å². The molecule has 0 spiro atoms. The van der Waals surface area contributed by atoms with E-state index in [9.17, 15) is 42.3 Å². The highest BCUT2D eigenvalue weighted by Crippen LogP contribution is 2.30. The van der Waals surface area contributed by atoms with Crippen LogP contribution in [0.2, 0.25) is 0 Å². The number of hydrogen-bond donors (Lipinski definition) is 4. The number of pyridine rings is 4. The lowest BCUT2D eigenvalue weighted by Crippen LogP contribution is -2.49. The monoisotopic (exact) mass is 1860 g/mol. The number of nitrogens with zero attached hydrogens (tertiary/aromatic N) is 15. The van der Waals surface area contributed by atoms with Gasteiger partial charge >= 0.3 is 24.2 Å². The number of aromatic carboxylic acids is 1. The SMILES string of the molecule is COc1cc[nH]c(=O)c1.COc1ccnc(O[C@@H]2CC[C@@H](C)N(C(=O)OCc3ccccc3)C2)c1.COc1ccnc(O[C@@H]2CC[C@@H](C)N(C(=O)c3ccccc3-n3ncnn3)C2)c1.COc1ccnc(O[C@@H]2CC[C@@H](C)NC2)c1.C[C@@H]1CC[C@H](O)CN1C(=O)OCc1ccccc1.C[C@@H]1CC[C@H](OS(C)(=O)=O)CN1C(=O)OCc1ccccc1.O=C(O)c1ccccc1-n1ncnn1. The Hall–Kier alpha value is -14.2. The minimum absolute atomic E-state index is 0.00248. The van der Waals surface area contributed by atoms with Gasteiger partial charge in [-0.2, -0.15) is 8.42 Å².